The van der Waals surface area contributed by atoms with Crippen molar-refractivity contribution in [2.24, 2.45) is 5.16 Å². The van der Waals surface area contributed by atoms with E-state index in [1.165, 1.54) is 17.7 Å². The number of hydrogen-bond acceptors (Lipinski definition) is 3. The summed E-state index contributed by atoms with van der Waals surface area (Å²) in [6.45, 7) is 2.03. The average molecular weight is 367 g/mol. The highest BCUT2D eigenvalue weighted by Gasteiger charge is 2.33. The first kappa shape index (κ1) is 16.6. The summed E-state index contributed by atoms with van der Waals surface area (Å²) in [5, 5.41) is 4.95. The van der Waals surface area contributed by atoms with E-state index in [4.69, 9.17) is 16.4 Å². The largest absolute Gasteiger partial charge is 0.363 e. The molecule has 0 fully saturated rings. The zero-order valence-electron chi connectivity index (χ0n) is 14.1. The van der Waals surface area contributed by atoms with Gasteiger partial charge in [-0.2, -0.15) is 0 Å². The highest BCUT2D eigenvalue weighted by atomic mass is 35.5. The maximum absolute atomic E-state index is 13.4. The lowest BCUT2D eigenvalue weighted by molar-refractivity contribution is 0.0868. The summed E-state index contributed by atoms with van der Waals surface area (Å²) in [7, 11) is 0. The molecule has 4 rings (SSSR count). The van der Waals surface area contributed by atoms with Gasteiger partial charge in [0.2, 0.25) is 6.23 Å². The molecule has 0 aromatic heterocycles. The molecule has 0 saturated carbocycles. The second-order valence-electron chi connectivity index (χ2n) is 6.14. The molecule has 0 bridgehead atoms. The van der Waals surface area contributed by atoms with Gasteiger partial charge in [0.15, 0.2) is 5.84 Å². The van der Waals surface area contributed by atoms with Crippen molar-refractivity contribution >= 4 is 23.1 Å². The van der Waals surface area contributed by atoms with Crippen LogP contribution in [-0.4, -0.2) is 5.84 Å². The molecule has 1 atom stereocenters. The summed E-state index contributed by atoms with van der Waals surface area (Å²) in [6.07, 6.45) is -0.424. The Bertz CT molecular complexity index is 937. The van der Waals surface area contributed by atoms with Crippen molar-refractivity contribution in [3.8, 4) is 0 Å². The van der Waals surface area contributed by atoms with Crippen LogP contribution in [0.25, 0.3) is 0 Å². The number of hydrogen-bond donors (Lipinski definition) is 0. The molecule has 26 heavy (non-hydrogen) atoms. The molecule has 0 saturated heterocycles. The van der Waals surface area contributed by atoms with Gasteiger partial charge >= 0.3 is 0 Å². The van der Waals surface area contributed by atoms with Crippen LogP contribution in [0.1, 0.15) is 22.9 Å². The number of nitrogens with zero attached hydrogens (tertiary/aromatic N) is 2. The number of rotatable bonds is 3. The fraction of sp³-hybridized carbons (Fsp3) is 0.0952. The van der Waals surface area contributed by atoms with Gasteiger partial charge in [0, 0.05) is 21.8 Å². The number of halogens is 2. The molecule has 0 amide bonds. The quantitative estimate of drug-likeness (QED) is 0.595. The van der Waals surface area contributed by atoms with Gasteiger partial charge in [-0.3, -0.25) is 4.90 Å². The zero-order valence-corrected chi connectivity index (χ0v) is 14.8. The van der Waals surface area contributed by atoms with Gasteiger partial charge in [0.1, 0.15) is 5.82 Å². The highest BCUT2D eigenvalue weighted by Crippen LogP contribution is 2.35. The molecule has 5 heteroatoms. The number of anilines is 1. The topological polar surface area (TPSA) is 24.8 Å². The van der Waals surface area contributed by atoms with Crippen LogP contribution in [0.4, 0.5) is 10.1 Å². The number of aryl methyl sites for hydroxylation is 1. The van der Waals surface area contributed by atoms with E-state index in [1.807, 2.05) is 48.2 Å². The van der Waals surface area contributed by atoms with Crippen LogP contribution in [0.2, 0.25) is 5.02 Å². The summed E-state index contributed by atoms with van der Waals surface area (Å²) in [5.74, 6) is 0.365. The van der Waals surface area contributed by atoms with Crippen molar-refractivity contribution in [1.29, 1.82) is 0 Å². The van der Waals surface area contributed by atoms with E-state index in [2.05, 4.69) is 5.16 Å². The Labute approximate surface area is 156 Å². The van der Waals surface area contributed by atoms with Crippen molar-refractivity contribution in [2.45, 2.75) is 13.2 Å². The molecule has 3 aromatic carbocycles. The zero-order chi connectivity index (χ0) is 18.1. The molecule has 130 valence electrons. The Morgan fingerprint density at radius 1 is 0.923 bits per heavy atom. The van der Waals surface area contributed by atoms with Crippen LogP contribution in [0, 0.1) is 12.7 Å². The molecule has 1 heterocycles. The minimum Gasteiger partial charge on any atom is -0.363 e. The van der Waals surface area contributed by atoms with Gasteiger partial charge in [0.25, 0.3) is 0 Å². The minimum absolute atomic E-state index is 0.286. The second-order valence-corrected chi connectivity index (χ2v) is 6.57. The van der Waals surface area contributed by atoms with E-state index in [9.17, 15) is 4.39 Å². The summed E-state index contributed by atoms with van der Waals surface area (Å²) in [5.41, 5.74) is 3.79. The molecule has 3 aromatic rings. The van der Waals surface area contributed by atoms with Crippen molar-refractivity contribution < 1.29 is 9.23 Å². The first-order chi connectivity index (χ1) is 12.6. The minimum atomic E-state index is -0.424. The normalized spacial score (nSPS) is 16.3. The first-order valence-corrected chi connectivity index (χ1v) is 8.61. The van der Waals surface area contributed by atoms with E-state index in [0.29, 0.717) is 10.9 Å². The Kier molecular flexibility index (Phi) is 4.35. The number of amidine groups is 1. The fourth-order valence-electron chi connectivity index (χ4n) is 2.89. The SMILES string of the molecule is Cc1ccc(C2ON=C(c3ccc(Cl)cc3)N2c2ccc(F)cc2)cc1. The van der Waals surface area contributed by atoms with Gasteiger partial charge in [-0.15, -0.1) is 0 Å². The van der Waals surface area contributed by atoms with Gasteiger partial charge in [0.05, 0.1) is 0 Å². The van der Waals surface area contributed by atoms with Crippen LogP contribution < -0.4 is 4.90 Å². The predicted molar refractivity (Wildman–Crippen MR) is 102 cm³/mol. The van der Waals surface area contributed by atoms with E-state index in [1.54, 1.807) is 24.3 Å². The number of oxime groups is 1. The molecule has 0 radical (unpaired) electrons. The molecular weight excluding hydrogens is 351 g/mol. The molecule has 0 N–H and O–H groups in total. The van der Waals surface area contributed by atoms with E-state index >= 15 is 0 Å². The van der Waals surface area contributed by atoms with E-state index < -0.39 is 6.23 Å². The van der Waals surface area contributed by atoms with Gasteiger partial charge in [-0.1, -0.05) is 46.6 Å². The van der Waals surface area contributed by atoms with Crippen LogP contribution in [-0.2, 0) is 4.84 Å². The molecule has 0 spiro atoms. The fourth-order valence-corrected chi connectivity index (χ4v) is 3.02. The first-order valence-electron chi connectivity index (χ1n) is 8.23. The maximum Gasteiger partial charge on any atom is 0.231 e. The van der Waals surface area contributed by atoms with Crippen LogP contribution >= 0.6 is 11.6 Å². The summed E-state index contributed by atoms with van der Waals surface area (Å²) in [6, 6.07) is 21.8. The van der Waals surface area contributed by atoms with Crippen LogP contribution in [0.15, 0.2) is 78.0 Å². The summed E-state index contributed by atoms with van der Waals surface area (Å²) < 4.78 is 13.4. The Hall–Kier alpha value is -2.85. The average Bonchev–Trinajstić information content (AvgIpc) is 3.08. The third-order valence-corrected chi connectivity index (χ3v) is 4.52. The van der Waals surface area contributed by atoms with Gasteiger partial charge < -0.3 is 4.84 Å². The van der Waals surface area contributed by atoms with Gasteiger partial charge in [-0.05, 0) is 55.5 Å². The lowest BCUT2D eigenvalue weighted by atomic mass is 10.1. The smallest absolute Gasteiger partial charge is 0.231 e. The molecule has 3 nitrogen and oxygen atoms in total. The van der Waals surface area contributed by atoms with Crippen molar-refractivity contribution in [2.75, 3.05) is 4.90 Å². The lowest BCUT2D eigenvalue weighted by Crippen LogP contribution is -2.31. The molecule has 1 aliphatic heterocycles. The maximum atomic E-state index is 13.4. The van der Waals surface area contributed by atoms with Crippen LogP contribution in [0.5, 0.6) is 0 Å². The third kappa shape index (κ3) is 3.16. The molecule has 1 unspecified atom stereocenters. The summed E-state index contributed by atoms with van der Waals surface area (Å²) >= 11 is 6.00. The lowest BCUT2D eigenvalue weighted by Gasteiger charge is -2.26. The van der Waals surface area contributed by atoms with Crippen molar-refractivity contribution in [3.05, 3.63) is 100 Å². The molecular formula is C21H16ClFN2O. The van der Waals surface area contributed by atoms with Crippen LogP contribution in [0.3, 0.4) is 0 Å². The Morgan fingerprint density at radius 3 is 2.23 bits per heavy atom. The Morgan fingerprint density at radius 2 is 1.58 bits per heavy atom. The predicted octanol–water partition coefficient (Wildman–Crippen LogP) is 5.68. The summed E-state index contributed by atoms with van der Waals surface area (Å²) in [4.78, 5) is 7.71. The molecule has 0 aliphatic carbocycles. The monoisotopic (exact) mass is 366 g/mol. The van der Waals surface area contributed by atoms with Crippen molar-refractivity contribution in [3.63, 3.8) is 0 Å². The number of benzene rings is 3. The Balaban J connectivity index is 1.77. The van der Waals surface area contributed by atoms with E-state index in [-0.39, 0.29) is 5.82 Å². The highest BCUT2D eigenvalue weighted by molar-refractivity contribution is 6.30. The van der Waals surface area contributed by atoms with E-state index in [0.717, 1.165) is 16.8 Å². The van der Waals surface area contributed by atoms with Gasteiger partial charge in [-0.25, -0.2) is 4.39 Å². The standard InChI is InChI=1S/C21H16ClFN2O/c1-14-2-4-16(5-3-14)21-25(19-12-10-18(23)11-13-19)20(24-26-21)15-6-8-17(22)9-7-15/h2-13,21H,1H3. The second kappa shape index (κ2) is 6.81. The molecule has 1 aliphatic rings. The van der Waals surface area contributed by atoms with Crippen molar-refractivity contribution in [1.82, 2.24) is 0 Å². The third-order valence-electron chi connectivity index (χ3n) is 4.27.